The molecule has 3 atom stereocenters. The molecule has 2 aliphatic rings. The first kappa shape index (κ1) is 62.3. The summed E-state index contributed by atoms with van der Waals surface area (Å²) in [4.78, 5) is 0. The molecule has 0 spiro atoms. The molecule has 0 bridgehead atoms. The molecule has 3 unspecified atom stereocenters. The van der Waals surface area contributed by atoms with E-state index in [2.05, 4.69) is 230 Å². The largest absolute Gasteiger partial charge is 0.396 e. The van der Waals surface area contributed by atoms with Crippen molar-refractivity contribution in [3.63, 3.8) is 0 Å². The van der Waals surface area contributed by atoms with E-state index in [0.717, 1.165) is 83.5 Å². The third-order valence-electron chi connectivity index (χ3n) is 23.4. The first-order valence-corrected chi connectivity index (χ1v) is 32.5. The average Bonchev–Trinajstić information content (AvgIpc) is 2.33. The smallest absolute Gasteiger partial charge is 0.0431 e. The lowest BCUT2D eigenvalue weighted by Gasteiger charge is -2.46. The molecule has 2 aliphatic carbocycles. The summed E-state index contributed by atoms with van der Waals surface area (Å²) in [5.74, 6) is 0. The van der Waals surface area contributed by atoms with Gasteiger partial charge in [-0.1, -0.05) is 307 Å². The molecule has 0 radical (unpaired) electrons. The number of fused-ring (bicyclic) bond motifs is 6. The molecule has 6 aromatic carbocycles. The van der Waals surface area contributed by atoms with Crippen molar-refractivity contribution in [3.05, 3.63) is 189 Å². The lowest BCUT2D eigenvalue weighted by Crippen LogP contribution is -2.43. The Hall–Kier alpha value is -4.76. The van der Waals surface area contributed by atoms with Gasteiger partial charge in [0.2, 0.25) is 0 Å². The second-order valence-electron chi connectivity index (χ2n) is 28.4. The summed E-state index contributed by atoms with van der Waals surface area (Å²) < 4.78 is 0. The molecule has 0 heterocycles. The number of unbranched alkanes of at least 4 members (excludes halogenated alkanes) is 11. The van der Waals surface area contributed by atoms with E-state index in [0.29, 0.717) is 0 Å². The van der Waals surface area contributed by atoms with Gasteiger partial charge >= 0.3 is 0 Å². The average molecular weight is 1090 g/mol. The second-order valence-corrected chi connectivity index (χ2v) is 28.4. The minimum atomic E-state index is -0.213. The number of hydrogen-bond donors (Lipinski definition) is 2. The number of aliphatic hydroxyl groups is 2. The summed E-state index contributed by atoms with van der Waals surface area (Å²) in [6, 6.07) is 53.2. The highest BCUT2D eigenvalue weighted by Crippen LogP contribution is 2.60. The zero-order valence-electron chi connectivity index (χ0n) is 53.4. The van der Waals surface area contributed by atoms with Crippen molar-refractivity contribution in [3.8, 4) is 22.3 Å². The Bertz CT molecular complexity index is 3010. The van der Waals surface area contributed by atoms with Crippen LogP contribution in [0.15, 0.2) is 133 Å². The van der Waals surface area contributed by atoms with Gasteiger partial charge in [-0.25, -0.2) is 0 Å². The van der Waals surface area contributed by atoms with Gasteiger partial charge in [-0.3, -0.25) is 0 Å². The Morgan fingerprint density at radius 3 is 1.06 bits per heavy atom. The van der Waals surface area contributed by atoms with E-state index in [1.54, 1.807) is 0 Å². The first-order chi connectivity index (χ1) is 38.6. The lowest BCUT2D eigenvalue weighted by molar-refractivity contribution is 0.264. The van der Waals surface area contributed by atoms with Crippen molar-refractivity contribution in [1.29, 1.82) is 0 Å². The number of hydrogen-bond acceptors (Lipinski definition) is 2. The molecular formula is C79H108O2. The highest BCUT2D eigenvalue weighted by molar-refractivity contribution is 5.83. The maximum absolute atomic E-state index is 9.89. The third kappa shape index (κ3) is 11.3. The van der Waals surface area contributed by atoms with Crippen molar-refractivity contribution in [1.82, 2.24) is 0 Å². The Labute approximate surface area is 494 Å². The molecule has 436 valence electrons. The molecule has 0 saturated carbocycles. The van der Waals surface area contributed by atoms with Crippen LogP contribution in [0.25, 0.3) is 22.3 Å². The van der Waals surface area contributed by atoms with Gasteiger partial charge in [-0.05, 0) is 144 Å². The van der Waals surface area contributed by atoms with Gasteiger partial charge in [0.1, 0.15) is 0 Å². The van der Waals surface area contributed by atoms with E-state index in [4.69, 9.17) is 0 Å². The van der Waals surface area contributed by atoms with Crippen LogP contribution in [-0.2, 0) is 43.3 Å². The molecule has 8 rings (SSSR count). The van der Waals surface area contributed by atoms with Crippen LogP contribution in [0.4, 0.5) is 0 Å². The van der Waals surface area contributed by atoms with Gasteiger partial charge in [-0.15, -0.1) is 0 Å². The minimum absolute atomic E-state index is 0.0782. The minimum Gasteiger partial charge on any atom is -0.396 e. The molecule has 0 aliphatic heterocycles. The Morgan fingerprint density at radius 2 is 0.642 bits per heavy atom. The first-order valence-electron chi connectivity index (χ1n) is 32.5. The van der Waals surface area contributed by atoms with Crippen LogP contribution in [0.2, 0.25) is 0 Å². The summed E-state index contributed by atoms with van der Waals surface area (Å²) in [6.45, 7) is 35.2. The van der Waals surface area contributed by atoms with Crippen molar-refractivity contribution < 1.29 is 10.2 Å². The molecule has 0 fully saturated rings. The normalized spacial score (nSPS) is 17.3. The van der Waals surface area contributed by atoms with Crippen LogP contribution in [0.5, 0.6) is 0 Å². The Balaban J connectivity index is 1.24. The van der Waals surface area contributed by atoms with Crippen LogP contribution in [-0.4, -0.2) is 23.4 Å². The summed E-state index contributed by atoms with van der Waals surface area (Å²) in [5.41, 5.74) is 19.2. The highest BCUT2D eigenvalue weighted by atomic mass is 16.3. The van der Waals surface area contributed by atoms with E-state index in [1.807, 2.05) is 0 Å². The van der Waals surface area contributed by atoms with Crippen LogP contribution in [0.1, 0.15) is 275 Å². The molecular weight excluding hydrogens is 981 g/mol. The molecule has 0 amide bonds. The Morgan fingerprint density at radius 1 is 0.321 bits per heavy atom. The van der Waals surface area contributed by atoms with Gasteiger partial charge in [0.25, 0.3) is 0 Å². The molecule has 0 aromatic heterocycles. The van der Waals surface area contributed by atoms with Gasteiger partial charge in [-0.2, -0.15) is 0 Å². The maximum Gasteiger partial charge on any atom is 0.0431 e. The monoisotopic (exact) mass is 1090 g/mol. The van der Waals surface area contributed by atoms with E-state index in [1.165, 1.54) is 116 Å². The van der Waals surface area contributed by atoms with Gasteiger partial charge in [0.15, 0.2) is 0 Å². The topological polar surface area (TPSA) is 40.5 Å². The fourth-order valence-electron chi connectivity index (χ4n) is 15.6. The highest BCUT2D eigenvalue weighted by Gasteiger charge is 2.50. The van der Waals surface area contributed by atoms with Crippen LogP contribution < -0.4 is 0 Å². The fourth-order valence-corrected chi connectivity index (χ4v) is 15.6. The van der Waals surface area contributed by atoms with Gasteiger partial charge in [0, 0.05) is 34.9 Å². The molecule has 81 heavy (non-hydrogen) atoms. The van der Waals surface area contributed by atoms with Gasteiger partial charge < -0.3 is 10.2 Å². The Kier molecular flexibility index (Phi) is 19.4. The van der Waals surface area contributed by atoms with Crippen molar-refractivity contribution in [2.75, 3.05) is 13.2 Å². The van der Waals surface area contributed by atoms with Gasteiger partial charge in [0.05, 0.1) is 0 Å². The predicted molar refractivity (Wildman–Crippen MR) is 350 cm³/mol. The zero-order chi connectivity index (χ0) is 58.5. The number of aliphatic hydroxyl groups excluding tert-OH is 2. The van der Waals surface area contributed by atoms with E-state index >= 15 is 0 Å². The molecule has 2 nitrogen and oxygen atoms in total. The number of benzene rings is 6. The quantitative estimate of drug-likeness (QED) is 0.0441. The standard InChI is InChI=1S/C79H108O2/c1-15-18-19-20-21-32-49-76(12)68-54-60(73(6,7)72(4,5)58-37-28-26-29-38-58)41-45-64(68)65-46-42-61(55-69(65)76)75(10,11)78(14,17-3)63-44-48-67-66-47-43-62(77(13,16-2)74(8,9)59-39-30-27-31-40-59)56-70(66)79(71(67)57-63,50-33-22-24-35-52-80)51-34-23-25-36-53-81/h26-31,37-48,54-57,80-81H,15-25,32-36,49-53H2,1-14H3. The van der Waals surface area contributed by atoms with Crippen LogP contribution in [0.3, 0.4) is 0 Å². The fraction of sp³-hybridized carbons (Fsp3) is 0.544. The third-order valence-corrected chi connectivity index (χ3v) is 23.4. The number of rotatable bonds is 30. The SMILES string of the molecule is CCCCCCCCC1(C)c2cc(C(C)(C)C(C)(C)c3ccccc3)ccc2-c2ccc(C(C)(C)C(C)(CC)c3ccc4c(c3)C(CCCCCCO)(CCCCCCO)c3cc(C(C)(CC)C(C)(C)c5ccccc5)ccc3-4)cc21. The van der Waals surface area contributed by atoms with Crippen molar-refractivity contribution >= 4 is 0 Å². The lowest BCUT2D eigenvalue weighted by atomic mass is 9.57. The molecule has 0 saturated heterocycles. The summed E-state index contributed by atoms with van der Waals surface area (Å²) in [6.07, 6.45) is 21.5. The maximum atomic E-state index is 9.89. The summed E-state index contributed by atoms with van der Waals surface area (Å²) >= 11 is 0. The summed E-state index contributed by atoms with van der Waals surface area (Å²) in [7, 11) is 0. The predicted octanol–water partition coefficient (Wildman–Crippen LogP) is 21.4. The molecule has 2 N–H and O–H groups in total. The van der Waals surface area contributed by atoms with Crippen molar-refractivity contribution in [2.24, 2.45) is 0 Å². The van der Waals surface area contributed by atoms with E-state index < -0.39 is 0 Å². The van der Waals surface area contributed by atoms with E-state index in [-0.39, 0.29) is 56.5 Å². The van der Waals surface area contributed by atoms with E-state index in [9.17, 15) is 10.2 Å². The van der Waals surface area contributed by atoms with Crippen LogP contribution >= 0.6 is 0 Å². The second kappa shape index (κ2) is 25.2. The zero-order valence-corrected chi connectivity index (χ0v) is 53.4. The van der Waals surface area contributed by atoms with Crippen LogP contribution in [0, 0.1) is 0 Å². The molecule has 2 heteroatoms. The molecule has 6 aromatic rings. The summed E-state index contributed by atoms with van der Waals surface area (Å²) in [5, 5.41) is 19.8. The van der Waals surface area contributed by atoms with Crippen molar-refractivity contribution in [2.45, 2.75) is 262 Å².